The Hall–Kier alpha value is -1.95. The lowest BCUT2D eigenvalue weighted by Gasteiger charge is -2.47. The second kappa shape index (κ2) is 8.82. The van der Waals surface area contributed by atoms with Gasteiger partial charge in [-0.25, -0.2) is 0 Å². The summed E-state index contributed by atoms with van der Waals surface area (Å²) in [6.45, 7) is 7.01. The van der Waals surface area contributed by atoms with Gasteiger partial charge < -0.3 is 9.80 Å². The molecule has 0 aromatic carbocycles. The number of carbonyl (C=O) groups is 2. The Bertz CT molecular complexity index is 715. The molecule has 4 heterocycles. The van der Waals surface area contributed by atoms with Gasteiger partial charge in [-0.1, -0.05) is 6.42 Å². The summed E-state index contributed by atoms with van der Waals surface area (Å²) in [5.41, 5.74) is 1.31. The van der Waals surface area contributed by atoms with Gasteiger partial charge in [0.25, 0.3) is 0 Å². The van der Waals surface area contributed by atoms with Crippen molar-refractivity contribution in [2.45, 2.75) is 64.5 Å². The molecule has 1 aromatic heterocycles. The minimum absolute atomic E-state index is 0.177. The maximum Gasteiger partial charge on any atom is 0.236 e. The maximum absolute atomic E-state index is 12.9. The number of likely N-dealkylation sites (tertiary alicyclic amines) is 3. The highest BCUT2D eigenvalue weighted by atomic mass is 16.2. The summed E-state index contributed by atoms with van der Waals surface area (Å²) in [6, 6.07) is 4.49. The highest BCUT2D eigenvalue weighted by molar-refractivity contribution is 5.79. The summed E-state index contributed by atoms with van der Waals surface area (Å²) in [4.78, 5) is 35.9. The molecule has 6 nitrogen and oxygen atoms in total. The number of aromatic nitrogens is 1. The molecule has 29 heavy (non-hydrogen) atoms. The van der Waals surface area contributed by atoms with Gasteiger partial charge in [-0.3, -0.25) is 19.5 Å². The SMILES string of the molecule is C[C@@H]1CCCCN1CC(=O)N1CCC2(CCC(=O)N(Cc3ccncc3)C2)CC1. The first-order chi connectivity index (χ1) is 14.0. The Morgan fingerprint density at radius 2 is 1.90 bits per heavy atom. The van der Waals surface area contributed by atoms with Crippen LogP contribution in [-0.4, -0.2) is 70.3 Å². The first-order valence-corrected chi connectivity index (χ1v) is 11.2. The van der Waals surface area contributed by atoms with Crippen molar-refractivity contribution in [3.8, 4) is 0 Å². The zero-order valence-electron chi connectivity index (χ0n) is 17.7. The molecule has 0 unspecified atom stereocenters. The van der Waals surface area contributed by atoms with Crippen LogP contribution in [0.25, 0.3) is 0 Å². The molecule has 1 spiro atoms. The van der Waals surface area contributed by atoms with E-state index in [2.05, 4.69) is 21.7 Å². The van der Waals surface area contributed by atoms with Crippen molar-refractivity contribution in [1.29, 1.82) is 0 Å². The van der Waals surface area contributed by atoms with Gasteiger partial charge >= 0.3 is 0 Å². The van der Waals surface area contributed by atoms with Crippen molar-refractivity contribution in [3.63, 3.8) is 0 Å². The van der Waals surface area contributed by atoms with E-state index >= 15 is 0 Å². The van der Waals surface area contributed by atoms with Gasteiger partial charge in [-0.2, -0.15) is 0 Å². The van der Waals surface area contributed by atoms with E-state index in [0.717, 1.165) is 51.0 Å². The first kappa shape index (κ1) is 20.3. The second-order valence-electron chi connectivity index (χ2n) is 9.30. The lowest BCUT2D eigenvalue weighted by molar-refractivity contribution is -0.143. The number of hydrogen-bond donors (Lipinski definition) is 0. The first-order valence-electron chi connectivity index (χ1n) is 11.2. The van der Waals surface area contributed by atoms with Crippen LogP contribution in [0.15, 0.2) is 24.5 Å². The highest BCUT2D eigenvalue weighted by Gasteiger charge is 2.41. The Morgan fingerprint density at radius 1 is 1.14 bits per heavy atom. The fourth-order valence-electron chi connectivity index (χ4n) is 5.26. The topological polar surface area (TPSA) is 56.8 Å². The third kappa shape index (κ3) is 4.80. The summed E-state index contributed by atoms with van der Waals surface area (Å²) >= 11 is 0. The van der Waals surface area contributed by atoms with Crippen molar-refractivity contribution >= 4 is 11.8 Å². The Balaban J connectivity index is 1.31. The fraction of sp³-hybridized carbons (Fsp3) is 0.696. The maximum atomic E-state index is 12.9. The molecular weight excluding hydrogens is 364 g/mol. The zero-order valence-corrected chi connectivity index (χ0v) is 17.7. The number of rotatable bonds is 4. The summed E-state index contributed by atoms with van der Waals surface area (Å²) in [5.74, 6) is 0.541. The predicted octanol–water partition coefficient (Wildman–Crippen LogP) is 2.69. The molecule has 0 radical (unpaired) electrons. The number of hydrogen-bond acceptors (Lipinski definition) is 4. The monoisotopic (exact) mass is 398 g/mol. The van der Waals surface area contributed by atoms with Gasteiger partial charge in [0.15, 0.2) is 0 Å². The van der Waals surface area contributed by atoms with Gasteiger partial charge in [0.05, 0.1) is 6.54 Å². The molecule has 0 aliphatic carbocycles. The van der Waals surface area contributed by atoms with E-state index in [1.54, 1.807) is 12.4 Å². The number of nitrogens with zero attached hydrogens (tertiary/aromatic N) is 4. The van der Waals surface area contributed by atoms with Crippen molar-refractivity contribution in [2.75, 3.05) is 32.7 Å². The molecular formula is C23H34N4O2. The van der Waals surface area contributed by atoms with Crippen LogP contribution in [0.5, 0.6) is 0 Å². The summed E-state index contributed by atoms with van der Waals surface area (Å²) in [5, 5.41) is 0. The van der Waals surface area contributed by atoms with Crippen LogP contribution in [0.2, 0.25) is 0 Å². The number of pyridine rings is 1. The molecule has 1 atom stereocenters. The molecule has 2 amide bonds. The van der Waals surface area contributed by atoms with Crippen LogP contribution in [0.3, 0.4) is 0 Å². The number of piperidine rings is 3. The predicted molar refractivity (Wildman–Crippen MR) is 112 cm³/mol. The molecule has 4 rings (SSSR count). The standard InChI is InChI=1S/C23H34N4O2/c1-19-4-2-3-13-26(19)17-22(29)25-14-9-23(10-15-25)8-5-21(28)27(18-23)16-20-6-11-24-12-7-20/h6-7,11-12,19H,2-5,8-10,13-18H2,1H3/t19-/m1/s1. The Labute approximate surface area is 174 Å². The molecule has 3 aliphatic heterocycles. The average molecular weight is 399 g/mol. The molecule has 1 aromatic rings. The van der Waals surface area contributed by atoms with Crippen LogP contribution < -0.4 is 0 Å². The minimum atomic E-state index is 0.177. The van der Waals surface area contributed by atoms with E-state index in [9.17, 15) is 9.59 Å². The van der Waals surface area contributed by atoms with E-state index < -0.39 is 0 Å². The molecule has 3 fully saturated rings. The van der Waals surface area contributed by atoms with Crippen molar-refractivity contribution < 1.29 is 9.59 Å². The average Bonchev–Trinajstić information content (AvgIpc) is 2.74. The number of amides is 2. The van der Waals surface area contributed by atoms with Crippen LogP contribution in [0.1, 0.15) is 57.4 Å². The van der Waals surface area contributed by atoms with Crippen molar-refractivity contribution in [3.05, 3.63) is 30.1 Å². The zero-order chi connectivity index (χ0) is 20.3. The smallest absolute Gasteiger partial charge is 0.236 e. The Morgan fingerprint density at radius 3 is 2.62 bits per heavy atom. The van der Waals surface area contributed by atoms with Gasteiger partial charge in [-0.05, 0) is 68.7 Å². The molecule has 0 bridgehead atoms. The molecule has 3 saturated heterocycles. The molecule has 158 valence electrons. The van der Waals surface area contributed by atoms with Gasteiger partial charge in [0.1, 0.15) is 0 Å². The fourth-order valence-corrected chi connectivity index (χ4v) is 5.26. The summed E-state index contributed by atoms with van der Waals surface area (Å²) < 4.78 is 0. The summed E-state index contributed by atoms with van der Waals surface area (Å²) in [7, 11) is 0. The van der Waals surface area contributed by atoms with E-state index in [0.29, 0.717) is 25.6 Å². The van der Waals surface area contributed by atoms with Crippen molar-refractivity contribution in [1.82, 2.24) is 19.7 Å². The van der Waals surface area contributed by atoms with E-state index in [1.807, 2.05) is 17.0 Å². The largest absolute Gasteiger partial charge is 0.342 e. The van der Waals surface area contributed by atoms with Gasteiger partial charge in [-0.15, -0.1) is 0 Å². The second-order valence-corrected chi connectivity index (χ2v) is 9.30. The van der Waals surface area contributed by atoms with Gasteiger partial charge in [0.2, 0.25) is 11.8 Å². The third-order valence-electron chi connectivity index (χ3n) is 7.33. The quantitative estimate of drug-likeness (QED) is 0.783. The molecule has 3 aliphatic rings. The third-order valence-corrected chi connectivity index (χ3v) is 7.33. The van der Waals surface area contributed by atoms with E-state index in [1.165, 1.54) is 19.3 Å². The van der Waals surface area contributed by atoms with Gasteiger partial charge in [0, 0.05) is 51.0 Å². The van der Waals surface area contributed by atoms with Crippen LogP contribution in [0, 0.1) is 5.41 Å². The molecule has 6 heteroatoms. The van der Waals surface area contributed by atoms with Crippen molar-refractivity contribution in [2.24, 2.45) is 5.41 Å². The Kier molecular flexibility index (Phi) is 6.18. The lowest BCUT2D eigenvalue weighted by Crippen LogP contribution is -2.53. The van der Waals surface area contributed by atoms with E-state index in [-0.39, 0.29) is 17.2 Å². The molecule has 0 saturated carbocycles. The van der Waals surface area contributed by atoms with Crippen LogP contribution >= 0.6 is 0 Å². The highest BCUT2D eigenvalue weighted by Crippen LogP contribution is 2.40. The van der Waals surface area contributed by atoms with Crippen LogP contribution in [0.4, 0.5) is 0 Å². The van der Waals surface area contributed by atoms with Crippen LogP contribution in [-0.2, 0) is 16.1 Å². The minimum Gasteiger partial charge on any atom is -0.342 e. The molecule has 0 N–H and O–H groups in total. The number of carbonyl (C=O) groups excluding carboxylic acids is 2. The lowest BCUT2D eigenvalue weighted by atomic mass is 9.72. The van der Waals surface area contributed by atoms with E-state index in [4.69, 9.17) is 0 Å². The normalized spacial score (nSPS) is 25.4. The summed E-state index contributed by atoms with van der Waals surface area (Å²) in [6.07, 6.45) is 10.9.